The molecule has 6 heteroatoms. The Morgan fingerprint density at radius 3 is 2.71 bits per heavy atom. The van der Waals surface area contributed by atoms with Gasteiger partial charge in [-0.25, -0.2) is 0 Å². The molecular weight excluding hydrogens is 344 g/mol. The second kappa shape index (κ2) is 6.95. The Morgan fingerprint density at radius 1 is 1.25 bits per heavy atom. The molecule has 0 radical (unpaired) electrons. The Bertz CT molecular complexity index is 800. The number of fused-ring (bicyclic) bond motifs is 1. The molecule has 2 aromatic rings. The minimum absolute atomic E-state index is 0.156. The van der Waals surface area contributed by atoms with Crippen LogP contribution in [0.1, 0.15) is 44.5 Å². The van der Waals surface area contributed by atoms with Crippen LogP contribution >= 0.6 is 22.9 Å². The first-order chi connectivity index (χ1) is 11.5. The van der Waals surface area contributed by atoms with Crippen LogP contribution in [-0.2, 0) is 12.8 Å². The van der Waals surface area contributed by atoms with Gasteiger partial charge in [0.1, 0.15) is 5.00 Å². The van der Waals surface area contributed by atoms with E-state index in [1.165, 1.54) is 16.2 Å². The van der Waals surface area contributed by atoms with Gasteiger partial charge < -0.3 is 10.6 Å². The molecule has 2 N–H and O–H groups in total. The summed E-state index contributed by atoms with van der Waals surface area (Å²) in [6.45, 7) is 2.21. The van der Waals surface area contributed by atoms with Gasteiger partial charge in [0.15, 0.2) is 0 Å². The van der Waals surface area contributed by atoms with E-state index < -0.39 is 0 Å². The van der Waals surface area contributed by atoms with E-state index in [2.05, 4.69) is 17.6 Å². The molecule has 1 aliphatic carbocycles. The Balaban J connectivity index is 1.97. The molecule has 4 nitrogen and oxygen atoms in total. The van der Waals surface area contributed by atoms with E-state index >= 15 is 0 Å². The lowest BCUT2D eigenvalue weighted by molar-refractivity contribution is 0.0963. The number of anilines is 1. The lowest BCUT2D eigenvalue weighted by Crippen LogP contribution is -2.22. The van der Waals surface area contributed by atoms with E-state index in [4.69, 9.17) is 11.6 Å². The average Bonchev–Trinajstić information content (AvgIpc) is 2.91. The van der Waals surface area contributed by atoms with Crippen molar-refractivity contribution < 1.29 is 9.59 Å². The number of carbonyl (C=O) groups is 2. The molecule has 0 spiro atoms. The predicted molar refractivity (Wildman–Crippen MR) is 98.3 cm³/mol. The lowest BCUT2D eigenvalue weighted by Gasteiger charge is -2.18. The molecule has 0 bridgehead atoms. The van der Waals surface area contributed by atoms with Crippen molar-refractivity contribution >= 4 is 39.8 Å². The highest BCUT2D eigenvalue weighted by Gasteiger charge is 2.28. The van der Waals surface area contributed by atoms with Crippen molar-refractivity contribution in [2.45, 2.75) is 26.2 Å². The molecule has 0 fully saturated rings. The summed E-state index contributed by atoms with van der Waals surface area (Å²) in [5, 5.41) is 6.58. The van der Waals surface area contributed by atoms with E-state index in [9.17, 15) is 9.59 Å². The Morgan fingerprint density at radius 2 is 2.00 bits per heavy atom. The van der Waals surface area contributed by atoms with Gasteiger partial charge in [-0.1, -0.05) is 30.7 Å². The number of rotatable bonds is 3. The average molecular weight is 363 g/mol. The highest BCUT2D eigenvalue weighted by molar-refractivity contribution is 7.17. The Kier molecular flexibility index (Phi) is 4.92. The normalized spacial score (nSPS) is 16.4. The molecule has 1 aliphatic rings. The molecule has 24 heavy (non-hydrogen) atoms. The zero-order valence-corrected chi connectivity index (χ0v) is 15.2. The van der Waals surface area contributed by atoms with Crippen molar-refractivity contribution in [2.24, 2.45) is 5.92 Å². The van der Waals surface area contributed by atoms with Crippen LogP contribution in [0.15, 0.2) is 24.3 Å². The first-order valence-corrected chi connectivity index (χ1v) is 9.13. The fourth-order valence-corrected chi connectivity index (χ4v) is 4.64. The number of thiophene rings is 1. The molecular formula is C18H19ClN2O2S. The second-order valence-electron chi connectivity index (χ2n) is 6.07. The van der Waals surface area contributed by atoms with Crippen LogP contribution in [0.25, 0.3) is 0 Å². The van der Waals surface area contributed by atoms with E-state index in [0.717, 1.165) is 24.8 Å². The van der Waals surface area contributed by atoms with E-state index in [-0.39, 0.29) is 11.8 Å². The molecule has 2 amide bonds. The standard InChI is InChI=1S/C18H19ClN2O2S/c1-10-7-8-12-14(9-10)24-18(15(12)17(23)20-2)21-16(22)11-5-3-4-6-13(11)19/h3-6,10H,7-9H2,1-2H3,(H,20,23)(H,21,22)/t10-/m0/s1. The summed E-state index contributed by atoms with van der Waals surface area (Å²) in [6, 6.07) is 6.89. The SMILES string of the molecule is CNC(=O)c1c(NC(=O)c2ccccc2Cl)sc2c1CC[C@H](C)C2. The number of nitrogens with one attached hydrogen (secondary N) is 2. The van der Waals surface area contributed by atoms with Crippen molar-refractivity contribution in [3.63, 3.8) is 0 Å². The largest absolute Gasteiger partial charge is 0.355 e. The number of carbonyl (C=O) groups excluding carboxylic acids is 2. The Hall–Kier alpha value is -1.85. The molecule has 3 rings (SSSR count). The van der Waals surface area contributed by atoms with Gasteiger partial charge in [0, 0.05) is 11.9 Å². The van der Waals surface area contributed by atoms with Crippen LogP contribution < -0.4 is 10.6 Å². The van der Waals surface area contributed by atoms with Gasteiger partial charge in [-0.15, -0.1) is 11.3 Å². The Labute approximate surface area is 150 Å². The predicted octanol–water partition coefficient (Wildman–Crippen LogP) is 4.14. The summed E-state index contributed by atoms with van der Waals surface area (Å²) < 4.78 is 0. The minimum atomic E-state index is -0.294. The van der Waals surface area contributed by atoms with Gasteiger partial charge in [0.05, 0.1) is 16.1 Å². The van der Waals surface area contributed by atoms with Crippen LogP contribution in [-0.4, -0.2) is 18.9 Å². The summed E-state index contributed by atoms with van der Waals surface area (Å²) in [6.07, 6.45) is 2.88. The quantitative estimate of drug-likeness (QED) is 0.862. The fourth-order valence-electron chi connectivity index (χ4n) is 3.02. The van der Waals surface area contributed by atoms with Crippen LogP contribution in [0.3, 0.4) is 0 Å². The van der Waals surface area contributed by atoms with Crippen LogP contribution in [0, 0.1) is 5.92 Å². The number of hydrogen-bond donors (Lipinski definition) is 2. The molecule has 0 saturated carbocycles. The van der Waals surface area contributed by atoms with Gasteiger partial charge >= 0.3 is 0 Å². The van der Waals surface area contributed by atoms with Crippen molar-refractivity contribution in [1.82, 2.24) is 5.32 Å². The third-order valence-electron chi connectivity index (χ3n) is 4.31. The number of benzene rings is 1. The third-order valence-corrected chi connectivity index (χ3v) is 5.81. The van der Waals surface area contributed by atoms with E-state index in [1.807, 2.05) is 0 Å². The number of amides is 2. The van der Waals surface area contributed by atoms with Gasteiger partial charge in [-0.3, -0.25) is 9.59 Å². The number of halogens is 1. The van der Waals surface area contributed by atoms with Crippen LogP contribution in [0.4, 0.5) is 5.00 Å². The highest BCUT2D eigenvalue weighted by Crippen LogP contribution is 2.39. The maximum absolute atomic E-state index is 12.6. The maximum atomic E-state index is 12.6. The first-order valence-electron chi connectivity index (χ1n) is 7.93. The summed E-state index contributed by atoms with van der Waals surface area (Å²) in [4.78, 5) is 26.1. The topological polar surface area (TPSA) is 58.2 Å². The smallest absolute Gasteiger partial charge is 0.257 e. The second-order valence-corrected chi connectivity index (χ2v) is 7.58. The molecule has 1 aromatic heterocycles. The monoisotopic (exact) mass is 362 g/mol. The molecule has 1 heterocycles. The van der Waals surface area contributed by atoms with E-state index in [0.29, 0.717) is 27.1 Å². The first kappa shape index (κ1) is 17.0. The van der Waals surface area contributed by atoms with Gasteiger partial charge in [0.25, 0.3) is 11.8 Å². The molecule has 0 aliphatic heterocycles. The summed E-state index contributed by atoms with van der Waals surface area (Å²) in [7, 11) is 1.61. The van der Waals surface area contributed by atoms with Crippen molar-refractivity contribution in [1.29, 1.82) is 0 Å². The highest BCUT2D eigenvalue weighted by atomic mass is 35.5. The van der Waals surface area contributed by atoms with Gasteiger partial charge in [0.2, 0.25) is 0 Å². The fraction of sp³-hybridized carbons (Fsp3) is 0.333. The van der Waals surface area contributed by atoms with Gasteiger partial charge in [-0.05, 0) is 42.9 Å². The summed E-state index contributed by atoms with van der Waals surface area (Å²) >= 11 is 7.60. The molecule has 0 unspecified atom stereocenters. The zero-order valence-electron chi connectivity index (χ0n) is 13.6. The van der Waals surface area contributed by atoms with E-state index in [1.54, 1.807) is 31.3 Å². The minimum Gasteiger partial charge on any atom is -0.355 e. The van der Waals surface area contributed by atoms with Crippen molar-refractivity contribution in [2.75, 3.05) is 12.4 Å². The molecule has 126 valence electrons. The molecule has 0 saturated heterocycles. The lowest BCUT2D eigenvalue weighted by atomic mass is 9.88. The summed E-state index contributed by atoms with van der Waals surface area (Å²) in [5.74, 6) is 0.148. The summed E-state index contributed by atoms with van der Waals surface area (Å²) in [5.41, 5.74) is 2.08. The molecule has 1 atom stereocenters. The van der Waals surface area contributed by atoms with Crippen molar-refractivity contribution in [3.8, 4) is 0 Å². The van der Waals surface area contributed by atoms with Crippen molar-refractivity contribution in [3.05, 3.63) is 50.9 Å². The van der Waals surface area contributed by atoms with Crippen LogP contribution in [0.2, 0.25) is 5.02 Å². The van der Waals surface area contributed by atoms with Gasteiger partial charge in [-0.2, -0.15) is 0 Å². The third kappa shape index (κ3) is 3.19. The maximum Gasteiger partial charge on any atom is 0.257 e. The number of hydrogen-bond acceptors (Lipinski definition) is 3. The van der Waals surface area contributed by atoms with Crippen LogP contribution in [0.5, 0.6) is 0 Å². The zero-order chi connectivity index (χ0) is 17.3. The molecule has 1 aromatic carbocycles.